The minimum Gasteiger partial charge on any atom is -0.491 e. The molecule has 0 aliphatic carbocycles. The second-order valence-electron chi connectivity index (χ2n) is 5.81. The molecular weight excluding hydrogens is 404 g/mol. The lowest BCUT2D eigenvalue weighted by atomic mass is 10.2. The Balaban J connectivity index is 1.46. The van der Waals surface area contributed by atoms with E-state index in [1.807, 2.05) is 6.07 Å². The molecule has 1 aliphatic heterocycles. The molecule has 1 fully saturated rings. The molecule has 1 atom stereocenters. The number of anilines is 1. The number of hydrogen-bond donors (Lipinski definition) is 2. The average molecular weight is 423 g/mol. The molecule has 0 bridgehead atoms. The fraction of sp³-hybridized carbons (Fsp3) is 0.333. The first kappa shape index (κ1) is 18.5. The summed E-state index contributed by atoms with van der Waals surface area (Å²) in [6.45, 7) is 1.11. The lowest BCUT2D eigenvalue weighted by molar-refractivity contribution is -0.115. The first-order chi connectivity index (χ1) is 12.6. The number of carbonyl (C=O) groups is 2. The van der Waals surface area contributed by atoms with Crippen LogP contribution in [0.4, 0.5) is 5.69 Å². The first-order valence-corrected chi connectivity index (χ1v) is 9.07. The van der Waals surface area contributed by atoms with E-state index < -0.39 is 5.91 Å². The van der Waals surface area contributed by atoms with Crippen LogP contribution >= 0.6 is 15.9 Å². The summed E-state index contributed by atoms with van der Waals surface area (Å²) in [4.78, 5) is 23.8. The molecule has 138 valence electrons. The molecule has 1 aromatic heterocycles. The van der Waals surface area contributed by atoms with Crippen LogP contribution in [0.3, 0.4) is 0 Å². The number of nitrogens with one attached hydrogen (secondary N) is 2. The van der Waals surface area contributed by atoms with Gasteiger partial charge in [0.25, 0.3) is 5.91 Å². The highest BCUT2D eigenvalue weighted by molar-refractivity contribution is 9.10. The summed E-state index contributed by atoms with van der Waals surface area (Å²) < 4.78 is 16.8. The quantitative estimate of drug-likeness (QED) is 0.715. The van der Waals surface area contributed by atoms with Crippen molar-refractivity contribution in [2.75, 3.05) is 25.1 Å². The molecular formula is C18H19BrN2O5. The molecule has 2 aromatic rings. The molecule has 1 saturated heterocycles. The average Bonchev–Trinajstić information content (AvgIpc) is 3.30. The number of ether oxygens (including phenoxy) is 2. The predicted octanol–water partition coefficient (Wildman–Crippen LogP) is 2.97. The van der Waals surface area contributed by atoms with Gasteiger partial charge in [-0.3, -0.25) is 9.59 Å². The predicted molar refractivity (Wildman–Crippen MR) is 98.3 cm³/mol. The maximum absolute atomic E-state index is 12.0. The Hall–Kier alpha value is -2.32. The van der Waals surface area contributed by atoms with Gasteiger partial charge in [-0.1, -0.05) is 6.07 Å². The van der Waals surface area contributed by atoms with E-state index in [2.05, 4.69) is 26.6 Å². The van der Waals surface area contributed by atoms with Gasteiger partial charge >= 0.3 is 0 Å². The van der Waals surface area contributed by atoms with Crippen molar-refractivity contribution in [1.29, 1.82) is 0 Å². The molecule has 0 saturated carbocycles. The van der Waals surface area contributed by atoms with Crippen molar-refractivity contribution in [2.45, 2.75) is 18.9 Å². The third kappa shape index (κ3) is 5.34. The fourth-order valence-electron chi connectivity index (χ4n) is 2.52. The molecule has 8 heteroatoms. The van der Waals surface area contributed by atoms with E-state index in [-0.39, 0.29) is 24.3 Å². The van der Waals surface area contributed by atoms with Crippen molar-refractivity contribution in [3.8, 4) is 5.75 Å². The van der Waals surface area contributed by atoms with Crippen LogP contribution in [0.15, 0.2) is 45.5 Å². The minimum atomic E-state index is -0.459. The number of amides is 2. The summed E-state index contributed by atoms with van der Waals surface area (Å²) in [7, 11) is 0. The number of halogens is 1. The number of benzene rings is 1. The maximum Gasteiger partial charge on any atom is 0.287 e. The van der Waals surface area contributed by atoms with Gasteiger partial charge in [-0.2, -0.15) is 0 Å². The highest BCUT2D eigenvalue weighted by Crippen LogP contribution is 2.19. The van der Waals surface area contributed by atoms with E-state index in [4.69, 9.17) is 13.9 Å². The monoisotopic (exact) mass is 422 g/mol. The topological polar surface area (TPSA) is 89.8 Å². The smallest absolute Gasteiger partial charge is 0.287 e. The van der Waals surface area contributed by atoms with Gasteiger partial charge in [0.05, 0.1) is 12.6 Å². The van der Waals surface area contributed by atoms with Crippen LogP contribution in [0.1, 0.15) is 23.4 Å². The molecule has 3 rings (SSSR count). The van der Waals surface area contributed by atoms with E-state index in [0.717, 1.165) is 19.4 Å². The second-order valence-corrected chi connectivity index (χ2v) is 6.59. The number of rotatable bonds is 7. The molecule has 2 N–H and O–H groups in total. The van der Waals surface area contributed by atoms with Crippen molar-refractivity contribution in [3.63, 3.8) is 0 Å². The lowest BCUT2D eigenvalue weighted by Gasteiger charge is -2.12. The van der Waals surface area contributed by atoms with Crippen LogP contribution in [-0.4, -0.2) is 37.7 Å². The van der Waals surface area contributed by atoms with E-state index >= 15 is 0 Å². The second kappa shape index (κ2) is 8.86. The first-order valence-electron chi connectivity index (χ1n) is 8.28. The third-order valence-corrected chi connectivity index (χ3v) is 4.21. The molecule has 2 amide bonds. The van der Waals surface area contributed by atoms with Crippen LogP contribution in [0.25, 0.3) is 0 Å². The van der Waals surface area contributed by atoms with Crippen LogP contribution < -0.4 is 15.4 Å². The Kier molecular flexibility index (Phi) is 6.30. The van der Waals surface area contributed by atoms with Crippen molar-refractivity contribution in [1.82, 2.24) is 5.32 Å². The van der Waals surface area contributed by atoms with Gasteiger partial charge in [-0.25, -0.2) is 0 Å². The van der Waals surface area contributed by atoms with Crippen LogP contribution in [0.5, 0.6) is 5.75 Å². The summed E-state index contributed by atoms with van der Waals surface area (Å²) in [6, 6.07) is 10.2. The molecule has 1 unspecified atom stereocenters. The van der Waals surface area contributed by atoms with Crippen molar-refractivity contribution >= 4 is 33.4 Å². The largest absolute Gasteiger partial charge is 0.491 e. The van der Waals surface area contributed by atoms with Crippen molar-refractivity contribution in [3.05, 3.63) is 46.8 Å². The summed E-state index contributed by atoms with van der Waals surface area (Å²) in [6.07, 6.45) is 2.19. The number of hydrogen-bond acceptors (Lipinski definition) is 5. The normalized spacial score (nSPS) is 16.3. The zero-order chi connectivity index (χ0) is 18.4. The van der Waals surface area contributed by atoms with Gasteiger partial charge in [0.15, 0.2) is 10.4 Å². The Bertz CT molecular complexity index is 770. The zero-order valence-electron chi connectivity index (χ0n) is 14.0. The Morgan fingerprint density at radius 2 is 2.15 bits per heavy atom. The highest BCUT2D eigenvalue weighted by Gasteiger charge is 2.16. The van der Waals surface area contributed by atoms with Crippen LogP contribution in [-0.2, 0) is 9.53 Å². The lowest BCUT2D eigenvalue weighted by Crippen LogP contribution is -2.32. The Morgan fingerprint density at radius 3 is 2.88 bits per heavy atom. The molecule has 7 nitrogen and oxygen atoms in total. The summed E-state index contributed by atoms with van der Waals surface area (Å²) in [5, 5.41) is 5.21. The minimum absolute atomic E-state index is 0.130. The van der Waals surface area contributed by atoms with E-state index in [0.29, 0.717) is 22.7 Å². The Labute approximate surface area is 159 Å². The SMILES string of the molecule is O=C(CNC(=O)c1ccc(Br)o1)Nc1cccc(OCC2CCCO2)c1. The highest BCUT2D eigenvalue weighted by atomic mass is 79.9. The van der Waals surface area contributed by atoms with Gasteiger partial charge in [0.2, 0.25) is 5.91 Å². The summed E-state index contributed by atoms with van der Waals surface area (Å²) in [5.74, 6) is -0.0169. The van der Waals surface area contributed by atoms with E-state index in [9.17, 15) is 9.59 Å². The van der Waals surface area contributed by atoms with Gasteiger partial charge in [-0.15, -0.1) is 0 Å². The summed E-state index contributed by atoms with van der Waals surface area (Å²) >= 11 is 3.12. The zero-order valence-corrected chi connectivity index (χ0v) is 15.6. The van der Waals surface area contributed by atoms with Crippen LogP contribution in [0, 0.1) is 0 Å². The van der Waals surface area contributed by atoms with Crippen molar-refractivity contribution in [2.24, 2.45) is 0 Å². The van der Waals surface area contributed by atoms with E-state index in [1.165, 1.54) is 6.07 Å². The number of furan rings is 1. The fourth-order valence-corrected chi connectivity index (χ4v) is 2.82. The standard InChI is InChI=1S/C18H19BrN2O5/c19-16-7-6-15(26-16)18(23)20-10-17(22)21-12-3-1-4-13(9-12)25-11-14-5-2-8-24-14/h1,3-4,6-7,9,14H,2,5,8,10-11H2,(H,20,23)(H,21,22). The Morgan fingerprint density at radius 1 is 1.27 bits per heavy atom. The van der Waals surface area contributed by atoms with Crippen molar-refractivity contribution < 1.29 is 23.5 Å². The van der Waals surface area contributed by atoms with Gasteiger partial charge in [0.1, 0.15) is 12.4 Å². The van der Waals surface area contributed by atoms with Gasteiger partial charge in [0, 0.05) is 18.4 Å². The maximum atomic E-state index is 12.0. The summed E-state index contributed by atoms with van der Waals surface area (Å²) in [5.41, 5.74) is 0.592. The van der Waals surface area contributed by atoms with Crippen LogP contribution in [0.2, 0.25) is 0 Å². The molecule has 2 heterocycles. The molecule has 1 aromatic carbocycles. The third-order valence-electron chi connectivity index (χ3n) is 3.78. The van der Waals surface area contributed by atoms with E-state index in [1.54, 1.807) is 24.3 Å². The molecule has 26 heavy (non-hydrogen) atoms. The molecule has 1 aliphatic rings. The van der Waals surface area contributed by atoms with Gasteiger partial charge in [-0.05, 0) is 53.0 Å². The molecule has 0 radical (unpaired) electrons. The van der Waals surface area contributed by atoms with Gasteiger partial charge < -0.3 is 24.5 Å². The molecule has 0 spiro atoms. The number of carbonyl (C=O) groups excluding carboxylic acids is 2.